The predicted molar refractivity (Wildman–Crippen MR) is 111 cm³/mol. The first-order chi connectivity index (χ1) is 16.3. The molecular formula is C21H18F3N7O3. The standard InChI is InChI=1S/C21H18F3N7O3/c1-29-9-25-19-17(29)20(32)31(10-26-19)8-15-27-18(28-34-15)16-13-6-30(7-14(13)16)11-3-2-4-12(5-11)33-21(22,23)24/h2-5,9-10,13-14,16H,6-8H2,1H3/t13-,14+,16+. The van der Waals surface area contributed by atoms with E-state index in [1.54, 1.807) is 23.7 Å². The number of halogens is 3. The van der Waals surface area contributed by atoms with Crippen molar-refractivity contribution in [3.05, 3.63) is 59.0 Å². The molecule has 4 aromatic rings. The third kappa shape index (κ3) is 3.56. The highest BCUT2D eigenvalue weighted by Gasteiger charge is 2.58. The lowest BCUT2D eigenvalue weighted by atomic mass is 10.2. The lowest BCUT2D eigenvalue weighted by molar-refractivity contribution is -0.274. The van der Waals surface area contributed by atoms with Crippen LogP contribution in [0.1, 0.15) is 17.6 Å². The Morgan fingerprint density at radius 3 is 2.71 bits per heavy atom. The maximum Gasteiger partial charge on any atom is 0.573 e. The molecule has 0 N–H and O–H groups in total. The SMILES string of the molecule is Cn1cnc2ncn(Cc3nc([C@H]4[C@@H]5CN(c6cccc(OC(F)(F)F)c6)C[C@@H]54)no3)c(=O)c21. The monoisotopic (exact) mass is 473 g/mol. The summed E-state index contributed by atoms with van der Waals surface area (Å²) in [4.78, 5) is 27.5. The maximum absolute atomic E-state index is 12.7. The average Bonchev–Trinajstić information content (AvgIpc) is 3.19. The molecule has 34 heavy (non-hydrogen) atoms. The Morgan fingerprint density at radius 1 is 1.18 bits per heavy atom. The molecule has 2 aliphatic rings. The summed E-state index contributed by atoms with van der Waals surface area (Å²) in [5.74, 6) is 1.35. The van der Waals surface area contributed by atoms with E-state index in [4.69, 9.17) is 4.52 Å². The molecule has 1 saturated heterocycles. The van der Waals surface area contributed by atoms with Gasteiger partial charge in [0.15, 0.2) is 17.0 Å². The molecule has 1 aromatic carbocycles. The van der Waals surface area contributed by atoms with Gasteiger partial charge in [-0.3, -0.25) is 9.36 Å². The van der Waals surface area contributed by atoms with Crippen LogP contribution in [0.4, 0.5) is 18.9 Å². The van der Waals surface area contributed by atoms with Gasteiger partial charge in [0.25, 0.3) is 5.56 Å². The zero-order chi connectivity index (χ0) is 23.6. The predicted octanol–water partition coefficient (Wildman–Crippen LogP) is 2.31. The lowest BCUT2D eigenvalue weighted by Gasteiger charge is -2.22. The van der Waals surface area contributed by atoms with E-state index in [0.29, 0.717) is 41.7 Å². The van der Waals surface area contributed by atoms with Crippen LogP contribution in [0.15, 0.2) is 46.2 Å². The molecule has 4 heterocycles. The number of hydrogen-bond acceptors (Lipinski definition) is 8. The molecule has 2 fully saturated rings. The molecule has 1 aliphatic carbocycles. The number of anilines is 1. The van der Waals surface area contributed by atoms with Crippen molar-refractivity contribution in [1.29, 1.82) is 0 Å². The number of piperidine rings is 1. The van der Waals surface area contributed by atoms with Crippen LogP contribution >= 0.6 is 0 Å². The van der Waals surface area contributed by atoms with Gasteiger partial charge in [-0.1, -0.05) is 11.2 Å². The number of nitrogens with zero attached hydrogens (tertiary/aromatic N) is 7. The van der Waals surface area contributed by atoms with Crippen molar-refractivity contribution in [3.63, 3.8) is 0 Å². The molecule has 3 aromatic heterocycles. The van der Waals surface area contributed by atoms with Gasteiger partial charge < -0.3 is 18.7 Å². The van der Waals surface area contributed by atoms with E-state index >= 15 is 0 Å². The van der Waals surface area contributed by atoms with Crippen molar-refractivity contribution in [3.8, 4) is 5.75 Å². The van der Waals surface area contributed by atoms with E-state index < -0.39 is 6.36 Å². The Labute approximate surface area is 189 Å². The van der Waals surface area contributed by atoms with Crippen LogP contribution in [0.5, 0.6) is 5.75 Å². The second-order valence-electron chi connectivity index (χ2n) is 8.56. The Hall–Kier alpha value is -3.90. The quantitative estimate of drug-likeness (QED) is 0.435. The molecule has 13 heteroatoms. The summed E-state index contributed by atoms with van der Waals surface area (Å²) in [7, 11) is 1.72. The fourth-order valence-corrected chi connectivity index (χ4v) is 4.80. The highest BCUT2D eigenvalue weighted by Crippen LogP contribution is 2.58. The minimum Gasteiger partial charge on any atom is -0.406 e. The molecule has 10 nitrogen and oxygen atoms in total. The zero-order valence-corrected chi connectivity index (χ0v) is 17.8. The van der Waals surface area contributed by atoms with Crippen molar-refractivity contribution in [2.24, 2.45) is 18.9 Å². The third-order valence-corrected chi connectivity index (χ3v) is 6.40. The van der Waals surface area contributed by atoms with Gasteiger partial charge in [0.2, 0.25) is 5.89 Å². The Morgan fingerprint density at radius 2 is 1.94 bits per heavy atom. The topological polar surface area (TPSA) is 104 Å². The minimum absolute atomic E-state index is 0.0974. The number of benzene rings is 1. The van der Waals surface area contributed by atoms with Crippen LogP contribution in [0.3, 0.4) is 0 Å². The molecular weight excluding hydrogens is 455 g/mol. The van der Waals surface area contributed by atoms with Crippen molar-refractivity contribution in [1.82, 2.24) is 29.2 Å². The number of fused-ring (bicyclic) bond motifs is 2. The summed E-state index contributed by atoms with van der Waals surface area (Å²) in [6.45, 7) is 1.45. The minimum atomic E-state index is -4.72. The third-order valence-electron chi connectivity index (χ3n) is 6.40. The summed E-state index contributed by atoms with van der Waals surface area (Å²) >= 11 is 0. The van der Waals surface area contributed by atoms with E-state index in [9.17, 15) is 18.0 Å². The van der Waals surface area contributed by atoms with E-state index in [2.05, 4.69) is 24.8 Å². The number of imidazole rings is 1. The van der Waals surface area contributed by atoms with Crippen LogP contribution in [0.25, 0.3) is 11.2 Å². The molecule has 0 bridgehead atoms. The van der Waals surface area contributed by atoms with Crippen molar-refractivity contribution in [2.75, 3.05) is 18.0 Å². The first kappa shape index (κ1) is 20.7. The molecule has 176 valence electrons. The summed E-state index contributed by atoms with van der Waals surface area (Å²) in [6.07, 6.45) is -1.79. The molecule has 1 saturated carbocycles. The van der Waals surface area contributed by atoms with Crippen molar-refractivity contribution < 1.29 is 22.4 Å². The number of aryl methyl sites for hydroxylation is 1. The summed E-state index contributed by atoms with van der Waals surface area (Å²) < 4.78 is 49.9. The van der Waals surface area contributed by atoms with E-state index in [1.807, 2.05) is 4.90 Å². The zero-order valence-electron chi connectivity index (χ0n) is 17.8. The van der Waals surface area contributed by atoms with Gasteiger partial charge in [-0.2, -0.15) is 4.98 Å². The Kier molecular flexibility index (Phi) is 4.44. The highest BCUT2D eigenvalue weighted by atomic mass is 19.4. The van der Waals surface area contributed by atoms with Gasteiger partial charge in [-0.25, -0.2) is 9.97 Å². The molecule has 0 amide bonds. The fraction of sp³-hybridized carbons (Fsp3) is 0.381. The van der Waals surface area contributed by atoms with Crippen LogP contribution in [0, 0.1) is 11.8 Å². The van der Waals surface area contributed by atoms with Crippen molar-refractivity contribution >= 4 is 16.9 Å². The number of aromatic nitrogens is 6. The van der Waals surface area contributed by atoms with E-state index in [-0.39, 0.29) is 35.6 Å². The van der Waals surface area contributed by atoms with E-state index in [1.165, 1.54) is 29.4 Å². The van der Waals surface area contributed by atoms with Gasteiger partial charge in [0.05, 0.1) is 6.33 Å². The van der Waals surface area contributed by atoms with Crippen LogP contribution in [-0.4, -0.2) is 48.7 Å². The van der Waals surface area contributed by atoms with Gasteiger partial charge in [0.1, 0.15) is 18.6 Å². The largest absolute Gasteiger partial charge is 0.573 e. The molecule has 0 spiro atoms. The van der Waals surface area contributed by atoms with Gasteiger partial charge in [0, 0.05) is 37.8 Å². The summed E-state index contributed by atoms with van der Waals surface area (Å²) in [5, 5.41) is 4.11. The highest BCUT2D eigenvalue weighted by molar-refractivity contribution is 5.68. The molecule has 6 rings (SSSR count). The second-order valence-corrected chi connectivity index (χ2v) is 8.56. The molecule has 0 radical (unpaired) electrons. The van der Waals surface area contributed by atoms with Crippen molar-refractivity contribution in [2.45, 2.75) is 18.8 Å². The summed E-state index contributed by atoms with van der Waals surface area (Å²) in [5.41, 5.74) is 1.20. The van der Waals surface area contributed by atoms with Gasteiger partial charge >= 0.3 is 6.36 Å². The smallest absolute Gasteiger partial charge is 0.406 e. The van der Waals surface area contributed by atoms with Crippen LogP contribution < -0.4 is 15.2 Å². The van der Waals surface area contributed by atoms with Gasteiger partial charge in [-0.15, -0.1) is 13.2 Å². The van der Waals surface area contributed by atoms with Gasteiger partial charge in [-0.05, 0) is 24.0 Å². The number of ether oxygens (including phenoxy) is 1. The number of rotatable bonds is 5. The maximum atomic E-state index is 12.7. The number of hydrogen-bond donors (Lipinski definition) is 0. The fourth-order valence-electron chi connectivity index (χ4n) is 4.80. The summed E-state index contributed by atoms with van der Waals surface area (Å²) in [6, 6.07) is 5.98. The second kappa shape index (κ2) is 7.30. The first-order valence-electron chi connectivity index (χ1n) is 10.6. The van der Waals surface area contributed by atoms with E-state index in [0.717, 1.165) is 0 Å². The number of alkyl halides is 3. The molecule has 0 unspecified atom stereocenters. The normalized spacial score (nSPS) is 21.8. The van der Waals surface area contributed by atoms with Crippen LogP contribution in [-0.2, 0) is 13.6 Å². The van der Waals surface area contributed by atoms with Crippen LogP contribution in [0.2, 0.25) is 0 Å². The first-order valence-corrected chi connectivity index (χ1v) is 10.6. The average molecular weight is 473 g/mol. The lowest BCUT2D eigenvalue weighted by Crippen LogP contribution is -2.24. The Balaban J connectivity index is 1.12. The Bertz CT molecular complexity index is 1430. The molecule has 3 atom stereocenters. The molecule has 1 aliphatic heterocycles.